The molecule has 3 aromatic carbocycles. The van der Waals surface area contributed by atoms with Crippen LogP contribution in [0.2, 0.25) is 5.02 Å². The number of sulfonamides is 1. The number of rotatable bonds is 12. The second kappa shape index (κ2) is 13.6. The quantitative estimate of drug-likeness (QED) is 0.313. The zero-order valence-electron chi connectivity index (χ0n) is 22.9. The van der Waals surface area contributed by atoms with Crippen LogP contribution in [0.25, 0.3) is 0 Å². The van der Waals surface area contributed by atoms with Crippen LogP contribution >= 0.6 is 11.6 Å². The second-order valence-corrected chi connectivity index (χ2v) is 11.7. The summed E-state index contributed by atoms with van der Waals surface area (Å²) in [6.07, 6.45) is 1.12. The molecule has 0 heterocycles. The van der Waals surface area contributed by atoms with Crippen molar-refractivity contribution in [3.63, 3.8) is 0 Å². The molecule has 39 heavy (non-hydrogen) atoms. The Morgan fingerprint density at radius 3 is 2.23 bits per heavy atom. The minimum Gasteiger partial charge on any atom is -0.354 e. The Hall–Kier alpha value is -3.36. The van der Waals surface area contributed by atoms with Crippen LogP contribution in [-0.2, 0) is 26.2 Å². The third-order valence-electron chi connectivity index (χ3n) is 6.59. The first kappa shape index (κ1) is 30.2. The molecule has 0 aromatic heterocycles. The van der Waals surface area contributed by atoms with Gasteiger partial charge in [-0.2, -0.15) is 0 Å². The Bertz CT molecular complexity index is 1400. The molecule has 208 valence electrons. The van der Waals surface area contributed by atoms with E-state index in [1.54, 1.807) is 43.3 Å². The molecular weight excluding hydrogens is 534 g/mol. The molecule has 0 aliphatic carbocycles. The summed E-state index contributed by atoms with van der Waals surface area (Å²) in [7, 11) is -4.14. The first-order valence-electron chi connectivity index (χ1n) is 13.1. The molecule has 0 saturated carbocycles. The maximum atomic E-state index is 14.1. The first-order valence-corrected chi connectivity index (χ1v) is 14.9. The smallest absolute Gasteiger partial charge is 0.264 e. The number of carbonyl (C=O) groups is 2. The average molecular weight is 570 g/mol. The van der Waals surface area contributed by atoms with Gasteiger partial charge in [-0.15, -0.1) is 0 Å². The van der Waals surface area contributed by atoms with E-state index < -0.39 is 28.5 Å². The average Bonchev–Trinajstić information content (AvgIpc) is 2.93. The van der Waals surface area contributed by atoms with Gasteiger partial charge in [0.1, 0.15) is 12.6 Å². The van der Waals surface area contributed by atoms with E-state index in [1.807, 2.05) is 45.0 Å². The lowest BCUT2D eigenvalue weighted by molar-refractivity contribution is -0.140. The monoisotopic (exact) mass is 569 g/mol. The van der Waals surface area contributed by atoms with Gasteiger partial charge in [0.15, 0.2) is 0 Å². The molecule has 1 N–H and O–H groups in total. The summed E-state index contributed by atoms with van der Waals surface area (Å²) in [5.41, 5.74) is 2.80. The molecule has 9 heteroatoms. The number of hydrogen-bond acceptors (Lipinski definition) is 4. The number of hydrogen-bond donors (Lipinski definition) is 1. The largest absolute Gasteiger partial charge is 0.354 e. The maximum absolute atomic E-state index is 14.1. The minimum absolute atomic E-state index is 0.0513. The maximum Gasteiger partial charge on any atom is 0.264 e. The highest BCUT2D eigenvalue weighted by atomic mass is 35.5. The van der Waals surface area contributed by atoms with E-state index >= 15 is 0 Å². The first-order chi connectivity index (χ1) is 18.6. The summed E-state index contributed by atoms with van der Waals surface area (Å²) in [5.74, 6) is -0.756. The predicted molar refractivity (Wildman–Crippen MR) is 156 cm³/mol. The number of nitrogens with one attached hydrogen (secondary N) is 1. The Morgan fingerprint density at radius 2 is 1.59 bits per heavy atom. The van der Waals surface area contributed by atoms with E-state index in [1.165, 1.54) is 17.0 Å². The van der Waals surface area contributed by atoms with Gasteiger partial charge >= 0.3 is 0 Å². The van der Waals surface area contributed by atoms with Crippen LogP contribution in [0, 0.1) is 13.8 Å². The van der Waals surface area contributed by atoms with Crippen molar-refractivity contribution in [2.24, 2.45) is 0 Å². The molecule has 0 aliphatic heterocycles. The van der Waals surface area contributed by atoms with E-state index in [-0.39, 0.29) is 17.3 Å². The zero-order chi connectivity index (χ0) is 28.6. The van der Waals surface area contributed by atoms with Crippen LogP contribution in [-0.4, -0.2) is 44.3 Å². The standard InChI is InChI=1S/C30H36ClN3O4S/c1-5-18-32-30(36)27(6-2)33(20-24-13-11-10-12-22(24)3)29(35)21-34(28-19-25(31)17-16-23(28)4)39(37,38)26-14-8-7-9-15-26/h7-17,19,27H,5-6,18,20-21H2,1-4H3,(H,32,36). The van der Waals surface area contributed by atoms with E-state index in [9.17, 15) is 18.0 Å². The van der Waals surface area contributed by atoms with Crippen LogP contribution in [0.5, 0.6) is 0 Å². The number of carbonyl (C=O) groups excluding carboxylic acids is 2. The third-order valence-corrected chi connectivity index (χ3v) is 8.60. The van der Waals surface area contributed by atoms with Crippen molar-refractivity contribution >= 4 is 39.1 Å². The molecule has 1 atom stereocenters. The molecule has 0 saturated heterocycles. The highest BCUT2D eigenvalue weighted by Gasteiger charge is 2.34. The summed E-state index contributed by atoms with van der Waals surface area (Å²) in [6, 6.07) is 19.8. The molecule has 0 spiro atoms. The normalized spacial score (nSPS) is 12.0. The zero-order valence-corrected chi connectivity index (χ0v) is 24.4. The highest BCUT2D eigenvalue weighted by molar-refractivity contribution is 7.92. The molecule has 2 amide bonds. The van der Waals surface area contributed by atoms with Crippen molar-refractivity contribution in [1.29, 1.82) is 0 Å². The van der Waals surface area contributed by atoms with Gasteiger partial charge < -0.3 is 10.2 Å². The number of aryl methyl sites for hydroxylation is 2. The molecular formula is C30H36ClN3O4S. The predicted octanol–water partition coefficient (Wildman–Crippen LogP) is 5.49. The summed E-state index contributed by atoms with van der Waals surface area (Å²) >= 11 is 6.27. The minimum atomic E-state index is -4.14. The Kier molecular flexibility index (Phi) is 10.5. The summed E-state index contributed by atoms with van der Waals surface area (Å²) in [5, 5.41) is 3.24. The Balaban J connectivity index is 2.09. The Morgan fingerprint density at radius 1 is 0.923 bits per heavy atom. The van der Waals surface area contributed by atoms with Crippen LogP contribution in [0.1, 0.15) is 43.4 Å². The molecule has 3 aromatic rings. The van der Waals surface area contributed by atoms with Gasteiger partial charge in [0.25, 0.3) is 10.0 Å². The van der Waals surface area contributed by atoms with Gasteiger partial charge in [-0.05, 0) is 67.6 Å². The van der Waals surface area contributed by atoms with Crippen molar-refractivity contribution in [2.75, 3.05) is 17.4 Å². The number of amides is 2. The van der Waals surface area contributed by atoms with Crippen molar-refractivity contribution in [2.45, 2.75) is 58.0 Å². The lowest BCUT2D eigenvalue weighted by atomic mass is 10.1. The number of nitrogens with zero attached hydrogens (tertiary/aromatic N) is 2. The van der Waals surface area contributed by atoms with E-state index in [4.69, 9.17) is 11.6 Å². The van der Waals surface area contributed by atoms with Crippen LogP contribution in [0.4, 0.5) is 5.69 Å². The van der Waals surface area contributed by atoms with Gasteiger partial charge in [-0.3, -0.25) is 13.9 Å². The summed E-state index contributed by atoms with van der Waals surface area (Å²) < 4.78 is 28.9. The highest BCUT2D eigenvalue weighted by Crippen LogP contribution is 2.30. The topological polar surface area (TPSA) is 86.8 Å². The van der Waals surface area contributed by atoms with E-state index in [2.05, 4.69) is 5.32 Å². The number of benzene rings is 3. The van der Waals surface area contributed by atoms with Gasteiger partial charge in [-0.25, -0.2) is 8.42 Å². The third kappa shape index (κ3) is 7.40. The molecule has 0 radical (unpaired) electrons. The van der Waals surface area contributed by atoms with Gasteiger partial charge in [-0.1, -0.05) is 74.0 Å². The Labute approximate surface area is 236 Å². The summed E-state index contributed by atoms with van der Waals surface area (Å²) in [6.45, 7) is 7.65. The van der Waals surface area contributed by atoms with Crippen molar-refractivity contribution in [3.8, 4) is 0 Å². The fourth-order valence-electron chi connectivity index (χ4n) is 4.34. The van der Waals surface area contributed by atoms with Gasteiger partial charge in [0, 0.05) is 18.1 Å². The number of anilines is 1. The SMILES string of the molecule is CCCNC(=O)C(CC)N(Cc1ccccc1C)C(=O)CN(c1cc(Cl)ccc1C)S(=O)(=O)c1ccccc1. The van der Waals surface area contributed by atoms with Gasteiger partial charge in [0.2, 0.25) is 11.8 Å². The fraction of sp³-hybridized carbons (Fsp3) is 0.333. The molecule has 0 bridgehead atoms. The lowest BCUT2D eigenvalue weighted by Gasteiger charge is -2.34. The van der Waals surface area contributed by atoms with Crippen LogP contribution in [0.15, 0.2) is 77.7 Å². The number of halogens is 1. The van der Waals surface area contributed by atoms with Crippen molar-refractivity contribution in [1.82, 2.24) is 10.2 Å². The molecule has 0 aliphatic rings. The second-order valence-electron chi connectivity index (χ2n) is 9.42. The van der Waals surface area contributed by atoms with E-state index in [0.29, 0.717) is 29.2 Å². The van der Waals surface area contributed by atoms with Crippen molar-refractivity contribution in [3.05, 3.63) is 94.5 Å². The molecule has 3 rings (SSSR count). The van der Waals surface area contributed by atoms with Gasteiger partial charge in [0.05, 0.1) is 10.6 Å². The molecule has 0 fully saturated rings. The van der Waals surface area contributed by atoms with Crippen molar-refractivity contribution < 1.29 is 18.0 Å². The fourth-order valence-corrected chi connectivity index (χ4v) is 6.00. The molecule has 7 nitrogen and oxygen atoms in total. The summed E-state index contributed by atoms with van der Waals surface area (Å²) in [4.78, 5) is 28.8. The molecule has 1 unspecified atom stereocenters. The van der Waals surface area contributed by atoms with Crippen LogP contribution in [0.3, 0.4) is 0 Å². The van der Waals surface area contributed by atoms with Crippen LogP contribution < -0.4 is 9.62 Å². The van der Waals surface area contributed by atoms with E-state index in [0.717, 1.165) is 21.9 Å². The lowest BCUT2D eigenvalue weighted by Crippen LogP contribution is -2.52.